The van der Waals surface area contributed by atoms with Gasteiger partial charge < -0.3 is 10.2 Å². The third kappa shape index (κ3) is 3.84. The van der Waals surface area contributed by atoms with Gasteiger partial charge in [-0.1, -0.05) is 0 Å². The lowest BCUT2D eigenvalue weighted by atomic mass is 10.1. The van der Waals surface area contributed by atoms with Crippen molar-refractivity contribution in [2.75, 3.05) is 37.4 Å². The number of carbonyl (C=O) groups excluding carboxylic acids is 1. The van der Waals surface area contributed by atoms with E-state index in [9.17, 15) is 13.2 Å². The maximum atomic E-state index is 13.0. The molecule has 2 heterocycles. The molecule has 0 radical (unpaired) electrons. The van der Waals surface area contributed by atoms with Crippen molar-refractivity contribution in [2.24, 2.45) is 0 Å². The van der Waals surface area contributed by atoms with Gasteiger partial charge in [-0.25, -0.2) is 17.4 Å². The van der Waals surface area contributed by atoms with Crippen molar-refractivity contribution < 1.29 is 13.2 Å². The number of aromatic nitrogens is 2. The number of nitrogens with zero attached hydrogens (tertiary/aromatic N) is 4. The Bertz CT molecular complexity index is 930. The van der Waals surface area contributed by atoms with E-state index in [1.165, 1.54) is 20.2 Å². The zero-order valence-electron chi connectivity index (χ0n) is 15.8. The Balaban J connectivity index is 2.02. The fourth-order valence-corrected chi connectivity index (χ4v) is 4.11. The van der Waals surface area contributed by atoms with Crippen molar-refractivity contribution in [3.63, 3.8) is 0 Å². The fourth-order valence-electron chi connectivity index (χ4n) is 3.18. The second-order valence-electron chi connectivity index (χ2n) is 6.65. The van der Waals surface area contributed by atoms with Gasteiger partial charge in [-0.2, -0.15) is 5.10 Å². The van der Waals surface area contributed by atoms with Gasteiger partial charge in [0.05, 0.1) is 16.7 Å². The standard InChI is InChI=1S/C18H25N5O3S/c1-4-23-17(9-10-19-23)20-18(24)15-13-14(27(25,26)21(2)3)7-8-16(15)22-11-5-6-12-22/h7-10,13H,4-6,11-12H2,1-3H3,(H,20,24). The zero-order chi connectivity index (χ0) is 19.6. The highest BCUT2D eigenvalue weighted by atomic mass is 32.2. The van der Waals surface area contributed by atoms with E-state index < -0.39 is 10.0 Å². The number of rotatable bonds is 6. The summed E-state index contributed by atoms with van der Waals surface area (Å²) in [4.78, 5) is 15.2. The van der Waals surface area contributed by atoms with Gasteiger partial charge in [-0.05, 0) is 38.0 Å². The van der Waals surface area contributed by atoms with E-state index in [0.717, 1.165) is 35.9 Å². The summed E-state index contributed by atoms with van der Waals surface area (Å²) < 4.78 is 27.9. The summed E-state index contributed by atoms with van der Waals surface area (Å²) in [6.45, 7) is 4.26. The van der Waals surface area contributed by atoms with Gasteiger partial charge in [0.15, 0.2) is 0 Å². The number of benzene rings is 1. The van der Waals surface area contributed by atoms with Crippen LogP contribution in [0.5, 0.6) is 0 Å². The van der Waals surface area contributed by atoms with Crippen LogP contribution in [-0.4, -0.2) is 55.6 Å². The van der Waals surface area contributed by atoms with E-state index in [1.54, 1.807) is 29.1 Å². The van der Waals surface area contributed by atoms with E-state index in [0.29, 0.717) is 17.9 Å². The number of anilines is 2. The summed E-state index contributed by atoms with van der Waals surface area (Å²) >= 11 is 0. The molecule has 1 saturated heterocycles. The van der Waals surface area contributed by atoms with Gasteiger partial charge in [-0.15, -0.1) is 0 Å². The van der Waals surface area contributed by atoms with Crippen LogP contribution < -0.4 is 10.2 Å². The quantitative estimate of drug-likeness (QED) is 0.814. The number of sulfonamides is 1. The van der Waals surface area contributed by atoms with Crippen molar-refractivity contribution >= 4 is 27.4 Å². The molecular weight excluding hydrogens is 366 g/mol. The Morgan fingerprint density at radius 1 is 1.22 bits per heavy atom. The first kappa shape index (κ1) is 19.4. The van der Waals surface area contributed by atoms with Crippen LogP contribution in [0.15, 0.2) is 35.4 Å². The molecule has 1 N–H and O–H groups in total. The summed E-state index contributed by atoms with van der Waals surface area (Å²) in [6, 6.07) is 6.48. The van der Waals surface area contributed by atoms with Gasteiger partial charge in [0.2, 0.25) is 10.0 Å². The van der Waals surface area contributed by atoms with Gasteiger partial charge in [0.25, 0.3) is 5.91 Å². The summed E-state index contributed by atoms with van der Waals surface area (Å²) in [7, 11) is -0.680. The lowest BCUT2D eigenvalue weighted by Crippen LogP contribution is -2.26. The predicted octanol–water partition coefficient (Wildman–Crippen LogP) is 2.01. The number of aryl methyl sites for hydroxylation is 1. The Labute approximate surface area is 159 Å². The molecule has 1 amide bonds. The molecule has 0 saturated carbocycles. The van der Waals surface area contributed by atoms with E-state index in [2.05, 4.69) is 15.3 Å². The lowest BCUT2D eigenvalue weighted by Gasteiger charge is -2.22. The third-order valence-corrected chi connectivity index (χ3v) is 6.51. The zero-order valence-corrected chi connectivity index (χ0v) is 16.7. The van der Waals surface area contributed by atoms with Crippen molar-refractivity contribution in [1.82, 2.24) is 14.1 Å². The van der Waals surface area contributed by atoms with Gasteiger partial charge >= 0.3 is 0 Å². The number of hydrogen-bond acceptors (Lipinski definition) is 5. The molecule has 146 valence electrons. The maximum absolute atomic E-state index is 13.0. The van der Waals surface area contributed by atoms with Crippen LogP contribution >= 0.6 is 0 Å². The van der Waals surface area contributed by atoms with E-state index in [1.807, 2.05) is 6.92 Å². The molecule has 0 atom stereocenters. The van der Waals surface area contributed by atoms with E-state index >= 15 is 0 Å². The van der Waals surface area contributed by atoms with Crippen LogP contribution in [0, 0.1) is 0 Å². The van der Waals surface area contributed by atoms with Gasteiger partial charge in [0.1, 0.15) is 5.82 Å². The molecule has 1 aromatic carbocycles. The minimum atomic E-state index is -3.63. The Hall–Kier alpha value is -2.39. The summed E-state index contributed by atoms with van der Waals surface area (Å²) in [5.74, 6) is 0.235. The molecule has 0 spiro atoms. The molecule has 9 heteroatoms. The Kier molecular flexibility index (Phi) is 5.52. The summed E-state index contributed by atoms with van der Waals surface area (Å²) in [6.07, 6.45) is 3.73. The first-order chi connectivity index (χ1) is 12.8. The SMILES string of the molecule is CCn1nccc1NC(=O)c1cc(S(=O)(=O)N(C)C)ccc1N1CCCC1. The van der Waals surface area contributed by atoms with Gasteiger partial charge in [0, 0.05) is 45.5 Å². The molecule has 2 aromatic rings. The first-order valence-corrected chi connectivity index (χ1v) is 10.4. The number of carbonyl (C=O) groups is 1. The molecule has 0 bridgehead atoms. The summed E-state index contributed by atoms with van der Waals surface area (Å²) in [5.41, 5.74) is 1.11. The molecule has 1 aliphatic heterocycles. The van der Waals surface area contributed by atoms with Crippen molar-refractivity contribution in [3.8, 4) is 0 Å². The monoisotopic (exact) mass is 391 g/mol. The lowest BCUT2D eigenvalue weighted by molar-refractivity contribution is 0.102. The van der Waals surface area contributed by atoms with Crippen LogP contribution in [0.2, 0.25) is 0 Å². The average molecular weight is 391 g/mol. The topological polar surface area (TPSA) is 87.5 Å². The Morgan fingerprint density at radius 2 is 1.93 bits per heavy atom. The molecule has 1 aliphatic rings. The van der Waals surface area contributed by atoms with E-state index in [4.69, 9.17) is 0 Å². The van der Waals surface area contributed by atoms with Crippen LogP contribution in [-0.2, 0) is 16.6 Å². The van der Waals surface area contributed by atoms with Crippen LogP contribution in [0.1, 0.15) is 30.1 Å². The normalized spacial score (nSPS) is 14.7. The average Bonchev–Trinajstić information content (AvgIpc) is 3.32. The predicted molar refractivity (Wildman–Crippen MR) is 105 cm³/mol. The highest BCUT2D eigenvalue weighted by Gasteiger charge is 2.25. The largest absolute Gasteiger partial charge is 0.371 e. The Morgan fingerprint density at radius 3 is 2.56 bits per heavy atom. The smallest absolute Gasteiger partial charge is 0.258 e. The fraction of sp³-hybridized carbons (Fsp3) is 0.444. The van der Waals surface area contributed by atoms with E-state index in [-0.39, 0.29) is 10.8 Å². The third-order valence-electron chi connectivity index (χ3n) is 4.70. The second-order valence-corrected chi connectivity index (χ2v) is 8.80. The van der Waals surface area contributed by atoms with Gasteiger partial charge in [-0.3, -0.25) is 4.79 Å². The number of amides is 1. The highest BCUT2D eigenvalue weighted by Crippen LogP contribution is 2.29. The first-order valence-electron chi connectivity index (χ1n) is 8.99. The maximum Gasteiger partial charge on any atom is 0.258 e. The summed E-state index contributed by atoms with van der Waals surface area (Å²) in [5, 5.41) is 7.01. The minimum absolute atomic E-state index is 0.101. The van der Waals surface area contributed by atoms with Crippen LogP contribution in [0.4, 0.5) is 11.5 Å². The molecule has 0 unspecified atom stereocenters. The highest BCUT2D eigenvalue weighted by molar-refractivity contribution is 7.89. The number of hydrogen-bond donors (Lipinski definition) is 1. The molecule has 3 rings (SSSR count). The molecule has 1 aromatic heterocycles. The second kappa shape index (κ2) is 7.69. The van der Waals surface area contributed by atoms with Crippen LogP contribution in [0.3, 0.4) is 0 Å². The molecular formula is C18H25N5O3S. The van der Waals surface area contributed by atoms with Crippen LogP contribution in [0.25, 0.3) is 0 Å². The molecule has 8 nitrogen and oxygen atoms in total. The van der Waals surface area contributed by atoms with Crippen molar-refractivity contribution in [1.29, 1.82) is 0 Å². The van der Waals surface area contributed by atoms with Crippen molar-refractivity contribution in [3.05, 3.63) is 36.0 Å². The molecule has 1 fully saturated rings. The number of nitrogens with one attached hydrogen (secondary N) is 1. The minimum Gasteiger partial charge on any atom is -0.371 e. The van der Waals surface area contributed by atoms with Crippen molar-refractivity contribution in [2.45, 2.75) is 31.2 Å². The molecule has 0 aliphatic carbocycles. The molecule has 27 heavy (non-hydrogen) atoms.